The van der Waals surface area contributed by atoms with Crippen molar-refractivity contribution in [3.8, 4) is 11.1 Å². The van der Waals surface area contributed by atoms with Crippen molar-refractivity contribution < 1.29 is 19.4 Å². The third kappa shape index (κ3) is 4.05. The molecule has 0 aromatic heterocycles. The first kappa shape index (κ1) is 20.8. The van der Waals surface area contributed by atoms with Crippen LogP contribution in [0.1, 0.15) is 35.1 Å². The zero-order valence-electron chi connectivity index (χ0n) is 17.9. The molecule has 164 valence electrons. The molecule has 0 saturated heterocycles. The van der Waals surface area contributed by atoms with Crippen molar-refractivity contribution in [3.63, 3.8) is 0 Å². The Morgan fingerprint density at radius 2 is 1.42 bits per heavy atom. The van der Waals surface area contributed by atoms with E-state index in [1.54, 1.807) is 0 Å². The molecule has 5 heteroatoms. The lowest BCUT2D eigenvalue weighted by molar-refractivity contribution is -0.137. The average molecular weight is 437 g/mol. The Kier molecular flexibility index (Phi) is 5.53. The van der Waals surface area contributed by atoms with Gasteiger partial charge >= 0.3 is 12.1 Å². The predicted octanol–water partition coefficient (Wildman–Crippen LogP) is 5.89. The van der Waals surface area contributed by atoms with Gasteiger partial charge in [-0.05, 0) is 38.6 Å². The molecule has 0 unspecified atom stereocenters. The van der Waals surface area contributed by atoms with Crippen LogP contribution in [0.5, 0.6) is 0 Å². The van der Waals surface area contributed by atoms with Crippen molar-refractivity contribution in [1.82, 2.24) is 5.32 Å². The normalized spacial score (nSPS) is 13.2. The van der Waals surface area contributed by atoms with Crippen molar-refractivity contribution in [1.29, 1.82) is 0 Å². The Morgan fingerprint density at radius 3 is 2.12 bits per heavy atom. The third-order valence-corrected chi connectivity index (χ3v) is 6.21. The first-order valence-electron chi connectivity index (χ1n) is 10.9. The lowest BCUT2D eigenvalue weighted by Gasteiger charge is -2.20. The number of hydrogen-bond acceptors (Lipinski definition) is 3. The average Bonchev–Trinajstić information content (AvgIpc) is 3.15. The monoisotopic (exact) mass is 437 g/mol. The van der Waals surface area contributed by atoms with Gasteiger partial charge in [0, 0.05) is 5.92 Å². The van der Waals surface area contributed by atoms with Gasteiger partial charge in [0.2, 0.25) is 0 Å². The molecule has 0 bridgehead atoms. The van der Waals surface area contributed by atoms with Gasteiger partial charge in [0.15, 0.2) is 0 Å². The van der Waals surface area contributed by atoms with E-state index in [9.17, 15) is 14.7 Å². The highest BCUT2D eigenvalue weighted by Gasteiger charge is 2.29. The minimum absolute atomic E-state index is 0.0568. The molecule has 2 N–H and O–H groups in total. The van der Waals surface area contributed by atoms with Crippen LogP contribution in [0.15, 0.2) is 91.0 Å². The summed E-state index contributed by atoms with van der Waals surface area (Å²) in [6.07, 6.45) is -0.867. The molecule has 33 heavy (non-hydrogen) atoms. The van der Waals surface area contributed by atoms with Crippen molar-refractivity contribution in [3.05, 3.63) is 108 Å². The van der Waals surface area contributed by atoms with Gasteiger partial charge in [-0.25, -0.2) is 4.79 Å². The van der Waals surface area contributed by atoms with E-state index in [-0.39, 0.29) is 18.9 Å². The van der Waals surface area contributed by atoms with Crippen LogP contribution in [0.4, 0.5) is 4.79 Å². The smallest absolute Gasteiger partial charge is 0.407 e. The first-order chi connectivity index (χ1) is 16.1. The van der Waals surface area contributed by atoms with Crippen LogP contribution in [0.3, 0.4) is 0 Å². The summed E-state index contributed by atoms with van der Waals surface area (Å²) in [5.74, 6) is -1.05. The van der Waals surface area contributed by atoms with Gasteiger partial charge < -0.3 is 15.2 Å². The Hall–Kier alpha value is -4.12. The molecule has 0 radical (unpaired) electrons. The SMILES string of the molecule is O=C(O)C[C@@H](NC(=O)OCC1c2ccccc2-c2ccccc21)c1cccc2ccccc12. The highest BCUT2D eigenvalue weighted by Crippen LogP contribution is 2.44. The molecule has 1 aliphatic rings. The van der Waals surface area contributed by atoms with Crippen LogP contribution < -0.4 is 5.32 Å². The molecule has 4 aromatic carbocycles. The number of carbonyl (C=O) groups excluding carboxylic acids is 1. The van der Waals surface area contributed by atoms with Gasteiger partial charge in [-0.15, -0.1) is 0 Å². The largest absolute Gasteiger partial charge is 0.481 e. The maximum atomic E-state index is 12.8. The highest BCUT2D eigenvalue weighted by molar-refractivity contribution is 5.87. The lowest BCUT2D eigenvalue weighted by atomic mass is 9.97. The summed E-state index contributed by atoms with van der Waals surface area (Å²) in [5.41, 5.74) is 5.32. The molecular formula is C28H23NO4. The van der Waals surface area contributed by atoms with E-state index in [1.165, 1.54) is 0 Å². The molecule has 0 saturated carbocycles. The highest BCUT2D eigenvalue weighted by atomic mass is 16.5. The standard InChI is InChI=1S/C28H23NO4/c30-27(31)16-26(24-15-7-9-18-8-1-2-10-19(18)24)29-28(32)33-17-25-22-13-5-3-11-20(22)21-12-4-6-14-23(21)25/h1-15,25-26H,16-17H2,(H,29,32)(H,30,31)/t26-/m1/s1. The fraction of sp³-hybridized carbons (Fsp3) is 0.143. The van der Waals surface area contributed by atoms with E-state index in [0.29, 0.717) is 0 Å². The second-order valence-electron chi connectivity index (χ2n) is 8.19. The number of benzene rings is 4. The fourth-order valence-electron chi connectivity index (χ4n) is 4.75. The summed E-state index contributed by atoms with van der Waals surface area (Å²) < 4.78 is 5.64. The first-order valence-corrected chi connectivity index (χ1v) is 10.9. The van der Waals surface area contributed by atoms with Crippen LogP contribution in [-0.4, -0.2) is 23.8 Å². The van der Waals surface area contributed by atoms with Crippen molar-refractivity contribution >= 4 is 22.8 Å². The molecule has 0 aliphatic heterocycles. The molecule has 4 aromatic rings. The molecule has 1 aliphatic carbocycles. The minimum atomic E-state index is -0.994. The Labute approximate surface area is 191 Å². The molecule has 0 heterocycles. The topological polar surface area (TPSA) is 75.6 Å². The summed E-state index contributed by atoms with van der Waals surface area (Å²) in [4.78, 5) is 24.3. The molecular weight excluding hydrogens is 414 g/mol. The third-order valence-electron chi connectivity index (χ3n) is 6.21. The molecule has 0 fully saturated rings. The minimum Gasteiger partial charge on any atom is -0.481 e. The molecule has 5 rings (SSSR count). The summed E-state index contributed by atoms with van der Waals surface area (Å²) in [5, 5.41) is 14.1. The van der Waals surface area contributed by atoms with E-state index in [0.717, 1.165) is 38.6 Å². The zero-order valence-corrected chi connectivity index (χ0v) is 17.9. The number of hydrogen-bond donors (Lipinski definition) is 2. The number of ether oxygens (including phenoxy) is 1. The number of carbonyl (C=O) groups is 2. The van der Waals surface area contributed by atoms with Gasteiger partial charge in [-0.1, -0.05) is 91.0 Å². The number of nitrogens with one attached hydrogen (secondary N) is 1. The number of carboxylic acid groups (broad SMARTS) is 1. The fourth-order valence-corrected chi connectivity index (χ4v) is 4.75. The number of amides is 1. The van der Waals surface area contributed by atoms with Crippen LogP contribution in [0.2, 0.25) is 0 Å². The van der Waals surface area contributed by atoms with Gasteiger partial charge in [0.1, 0.15) is 6.61 Å². The van der Waals surface area contributed by atoms with E-state index < -0.39 is 18.1 Å². The van der Waals surface area contributed by atoms with Gasteiger partial charge in [-0.2, -0.15) is 0 Å². The van der Waals surface area contributed by atoms with Crippen LogP contribution >= 0.6 is 0 Å². The van der Waals surface area contributed by atoms with Gasteiger partial charge in [0.05, 0.1) is 12.5 Å². The van der Waals surface area contributed by atoms with E-state index >= 15 is 0 Å². The van der Waals surface area contributed by atoms with Crippen LogP contribution in [0.25, 0.3) is 21.9 Å². The van der Waals surface area contributed by atoms with Crippen molar-refractivity contribution in [2.75, 3.05) is 6.61 Å². The van der Waals surface area contributed by atoms with Crippen molar-refractivity contribution in [2.45, 2.75) is 18.4 Å². The molecule has 5 nitrogen and oxygen atoms in total. The zero-order chi connectivity index (χ0) is 22.8. The predicted molar refractivity (Wildman–Crippen MR) is 127 cm³/mol. The van der Waals surface area contributed by atoms with E-state index in [1.807, 2.05) is 66.7 Å². The second kappa shape index (κ2) is 8.79. The Bertz CT molecular complexity index is 1300. The number of aliphatic carboxylic acids is 1. The van der Waals surface area contributed by atoms with Gasteiger partial charge in [0.25, 0.3) is 0 Å². The summed E-state index contributed by atoms with van der Waals surface area (Å²) in [6.45, 7) is 0.176. The lowest BCUT2D eigenvalue weighted by Crippen LogP contribution is -2.31. The van der Waals surface area contributed by atoms with Crippen LogP contribution in [-0.2, 0) is 9.53 Å². The number of fused-ring (bicyclic) bond motifs is 4. The maximum Gasteiger partial charge on any atom is 0.407 e. The summed E-state index contributed by atoms with van der Waals surface area (Å²) in [7, 11) is 0. The Morgan fingerprint density at radius 1 is 0.818 bits per heavy atom. The summed E-state index contributed by atoms with van der Waals surface area (Å²) in [6, 6.07) is 29.0. The maximum absolute atomic E-state index is 12.8. The number of rotatable bonds is 6. The van der Waals surface area contributed by atoms with Crippen LogP contribution in [0, 0.1) is 0 Å². The number of alkyl carbamates (subject to hydrolysis) is 1. The number of carboxylic acids is 1. The second-order valence-corrected chi connectivity index (χ2v) is 8.19. The van der Waals surface area contributed by atoms with E-state index in [4.69, 9.17) is 4.74 Å². The molecule has 0 spiro atoms. The Balaban J connectivity index is 1.36. The van der Waals surface area contributed by atoms with Crippen molar-refractivity contribution in [2.24, 2.45) is 0 Å². The summed E-state index contributed by atoms with van der Waals surface area (Å²) >= 11 is 0. The van der Waals surface area contributed by atoms with Gasteiger partial charge in [-0.3, -0.25) is 4.79 Å². The van der Waals surface area contributed by atoms with E-state index in [2.05, 4.69) is 29.6 Å². The molecule has 1 amide bonds. The quantitative estimate of drug-likeness (QED) is 0.394. The molecule has 1 atom stereocenters.